The number of methoxy groups -OCH3 is 4. The van der Waals surface area contributed by atoms with Crippen LogP contribution in [0.3, 0.4) is 0 Å². The summed E-state index contributed by atoms with van der Waals surface area (Å²) in [6.45, 7) is 0. The smallest absolute Gasteiger partial charge is 0.203 e. The number of carbonyl (C=O) groups excluding carboxylic acids is 1. The molecular weight excluding hydrogens is 489 g/mol. The van der Waals surface area contributed by atoms with Gasteiger partial charge in [0.15, 0.2) is 23.0 Å². The Morgan fingerprint density at radius 2 is 1.43 bits per heavy atom. The topological polar surface area (TPSA) is 66.0 Å². The van der Waals surface area contributed by atoms with Crippen LogP contribution in [0, 0.1) is 0 Å². The van der Waals surface area contributed by atoms with Crippen molar-refractivity contribution in [2.24, 2.45) is 0 Å². The fourth-order valence-electron chi connectivity index (χ4n) is 3.36. The van der Waals surface area contributed by atoms with E-state index in [0.29, 0.717) is 44.3 Å². The molecule has 6 nitrogen and oxygen atoms in total. The van der Waals surface area contributed by atoms with Gasteiger partial charge in [-0.15, -0.1) is 0 Å². The first kappa shape index (κ1) is 26.0. The first-order chi connectivity index (χ1) is 16.9. The summed E-state index contributed by atoms with van der Waals surface area (Å²) in [5, 5.41) is 3.99. The van der Waals surface area contributed by atoms with Crippen molar-refractivity contribution in [1.82, 2.24) is 0 Å². The van der Waals surface area contributed by atoms with Gasteiger partial charge < -0.3 is 24.3 Å². The molecule has 0 aliphatic rings. The minimum atomic E-state index is -0.191. The summed E-state index contributed by atoms with van der Waals surface area (Å²) >= 11 is 12.4. The molecule has 8 heteroatoms. The number of nitrogens with one attached hydrogen (secondary N) is 1. The standard InChI is InChI=1S/C27H25Cl2NO5/c1-32-24-14-18(15-25(33-2)27(24)35-4)9-8-17-12-21(29)26(34-3)22(13-17)30-11-10-23(31)19-6-5-7-20(28)16-19/h5-16,30H,1-4H3/b9-8-,11-10-. The van der Waals surface area contributed by atoms with Crippen LogP contribution < -0.4 is 24.3 Å². The molecular formula is C27H25Cl2NO5. The Hall–Kier alpha value is -3.61. The second-order valence-corrected chi connectivity index (χ2v) is 8.07. The number of anilines is 1. The van der Waals surface area contributed by atoms with Gasteiger partial charge in [-0.3, -0.25) is 4.79 Å². The fourth-order valence-corrected chi connectivity index (χ4v) is 3.86. The van der Waals surface area contributed by atoms with E-state index in [1.54, 1.807) is 51.7 Å². The molecule has 0 saturated heterocycles. The molecule has 0 aromatic heterocycles. The van der Waals surface area contributed by atoms with Crippen LogP contribution >= 0.6 is 23.2 Å². The Morgan fingerprint density at radius 1 is 0.800 bits per heavy atom. The van der Waals surface area contributed by atoms with Crippen LogP contribution in [0.2, 0.25) is 10.0 Å². The second-order valence-electron chi connectivity index (χ2n) is 7.23. The van der Waals surface area contributed by atoms with Gasteiger partial charge in [0.1, 0.15) is 0 Å². The Balaban J connectivity index is 1.85. The first-order valence-electron chi connectivity index (χ1n) is 10.5. The van der Waals surface area contributed by atoms with Crippen LogP contribution in [0.15, 0.2) is 60.8 Å². The molecule has 0 unspecified atom stereocenters. The van der Waals surface area contributed by atoms with E-state index >= 15 is 0 Å². The highest BCUT2D eigenvalue weighted by Crippen LogP contribution is 2.39. The normalized spacial score (nSPS) is 11.0. The minimum Gasteiger partial charge on any atom is -0.493 e. The lowest BCUT2D eigenvalue weighted by Crippen LogP contribution is -1.98. The molecule has 0 bridgehead atoms. The third kappa shape index (κ3) is 6.50. The highest BCUT2D eigenvalue weighted by Gasteiger charge is 2.13. The van der Waals surface area contributed by atoms with E-state index in [1.807, 2.05) is 30.4 Å². The predicted octanol–water partition coefficient (Wildman–Crippen LogP) is 7.01. The third-order valence-corrected chi connectivity index (χ3v) is 5.52. The monoisotopic (exact) mass is 513 g/mol. The van der Waals surface area contributed by atoms with Gasteiger partial charge in [0.05, 0.1) is 39.1 Å². The summed E-state index contributed by atoms with van der Waals surface area (Å²) in [5.41, 5.74) is 2.73. The van der Waals surface area contributed by atoms with E-state index in [2.05, 4.69) is 5.32 Å². The second kappa shape index (κ2) is 12.2. The van der Waals surface area contributed by atoms with Crippen molar-refractivity contribution in [3.8, 4) is 23.0 Å². The Bertz CT molecular complexity index is 1250. The van der Waals surface area contributed by atoms with Gasteiger partial charge in [-0.2, -0.15) is 0 Å². The molecule has 3 rings (SSSR count). The van der Waals surface area contributed by atoms with Crippen molar-refractivity contribution in [3.05, 3.63) is 87.5 Å². The molecule has 0 atom stereocenters. The minimum absolute atomic E-state index is 0.191. The molecule has 1 N–H and O–H groups in total. The summed E-state index contributed by atoms with van der Waals surface area (Å²) in [4.78, 5) is 12.4. The average Bonchev–Trinajstić information content (AvgIpc) is 2.86. The number of allylic oxidation sites excluding steroid dienone is 1. The zero-order valence-electron chi connectivity index (χ0n) is 19.7. The first-order valence-corrected chi connectivity index (χ1v) is 11.2. The van der Waals surface area contributed by atoms with Gasteiger partial charge in [-0.1, -0.05) is 47.5 Å². The van der Waals surface area contributed by atoms with Gasteiger partial charge >= 0.3 is 0 Å². The van der Waals surface area contributed by atoms with Crippen molar-refractivity contribution in [3.63, 3.8) is 0 Å². The molecule has 3 aromatic carbocycles. The van der Waals surface area contributed by atoms with E-state index in [4.69, 9.17) is 42.1 Å². The van der Waals surface area contributed by atoms with E-state index in [9.17, 15) is 4.79 Å². The van der Waals surface area contributed by atoms with Crippen molar-refractivity contribution in [2.45, 2.75) is 0 Å². The Morgan fingerprint density at radius 3 is 2.00 bits per heavy atom. The predicted molar refractivity (Wildman–Crippen MR) is 142 cm³/mol. The molecule has 0 aliphatic heterocycles. The average molecular weight is 514 g/mol. The highest BCUT2D eigenvalue weighted by molar-refractivity contribution is 6.32. The van der Waals surface area contributed by atoms with Gasteiger partial charge in [0.25, 0.3) is 0 Å². The fraction of sp³-hybridized carbons (Fsp3) is 0.148. The Labute approximate surface area is 214 Å². The number of hydrogen-bond acceptors (Lipinski definition) is 6. The van der Waals surface area contributed by atoms with Crippen LogP contribution in [0.1, 0.15) is 21.5 Å². The van der Waals surface area contributed by atoms with Crippen molar-refractivity contribution in [2.75, 3.05) is 33.8 Å². The van der Waals surface area contributed by atoms with Gasteiger partial charge in [-0.25, -0.2) is 0 Å². The van der Waals surface area contributed by atoms with Crippen LogP contribution in [-0.2, 0) is 0 Å². The van der Waals surface area contributed by atoms with E-state index in [-0.39, 0.29) is 5.78 Å². The van der Waals surface area contributed by atoms with Crippen LogP contribution in [-0.4, -0.2) is 34.2 Å². The maximum absolute atomic E-state index is 12.4. The molecule has 3 aromatic rings. The van der Waals surface area contributed by atoms with Crippen molar-refractivity contribution >= 4 is 46.8 Å². The van der Waals surface area contributed by atoms with Crippen LogP contribution in [0.5, 0.6) is 23.0 Å². The van der Waals surface area contributed by atoms with E-state index in [0.717, 1.165) is 11.1 Å². The van der Waals surface area contributed by atoms with Gasteiger partial charge in [-0.05, 0) is 47.5 Å². The summed E-state index contributed by atoms with van der Waals surface area (Å²) in [6.07, 6.45) is 6.73. The summed E-state index contributed by atoms with van der Waals surface area (Å²) in [6, 6.07) is 14.1. The molecule has 0 saturated carbocycles. The highest BCUT2D eigenvalue weighted by atomic mass is 35.5. The summed E-state index contributed by atoms with van der Waals surface area (Å²) in [5.74, 6) is 1.89. The Kier molecular flexibility index (Phi) is 9.06. The lowest BCUT2D eigenvalue weighted by Gasteiger charge is -2.13. The molecule has 0 spiro atoms. The number of hydrogen-bond donors (Lipinski definition) is 1. The van der Waals surface area contributed by atoms with Gasteiger partial charge in [0, 0.05) is 22.9 Å². The number of ketones is 1. The summed E-state index contributed by atoms with van der Waals surface area (Å²) in [7, 11) is 6.21. The molecule has 0 aliphatic carbocycles. The SMILES string of the molecule is COc1cc(/C=C\c2cc(Cl)c(OC)c(N/C=C\C(=O)c3cccc(Cl)c3)c2)cc(OC)c1OC. The molecule has 0 radical (unpaired) electrons. The number of halogens is 2. The maximum Gasteiger partial charge on any atom is 0.203 e. The maximum atomic E-state index is 12.4. The number of rotatable bonds is 10. The molecule has 0 fully saturated rings. The lowest BCUT2D eigenvalue weighted by molar-refractivity contribution is 0.104. The number of ether oxygens (including phenoxy) is 4. The quantitative estimate of drug-likeness (QED) is 0.178. The summed E-state index contributed by atoms with van der Waals surface area (Å²) < 4.78 is 21.6. The van der Waals surface area contributed by atoms with Crippen LogP contribution in [0.25, 0.3) is 12.2 Å². The van der Waals surface area contributed by atoms with E-state index in [1.165, 1.54) is 19.4 Å². The molecule has 0 heterocycles. The lowest BCUT2D eigenvalue weighted by atomic mass is 10.1. The zero-order valence-corrected chi connectivity index (χ0v) is 21.2. The van der Waals surface area contributed by atoms with Crippen molar-refractivity contribution < 1.29 is 23.7 Å². The largest absolute Gasteiger partial charge is 0.493 e. The zero-order chi connectivity index (χ0) is 25.4. The van der Waals surface area contributed by atoms with Crippen molar-refractivity contribution in [1.29, 1.82) is 0 Å². The van der Waals surface area contributed by atoms with Gasteiger partial charge in [0.2, 0.25) is 5.75 Å². The number of carbonyl (C=O) groups is 1. The molecule has 182 valence electrons. The van der Waals surface area contributed by atoms with E-state index < -0.39 is 0 Å². The number of benzene rings is 3. The molecule has 0 amide bonds. The molecule has 35 heavy (non-hydrogen) atoms. The van der Waals surface area contributed by atoms with Crippen LogP contribution in [0.4, 0.5) is 5.69 Å². The third-order valence-electron chi connectivity index (χ3n) is 5.01.